The topological polar surface area (TPSA) is 29.3 Å². The summed E-state index contributed by atoms with van der Waals surface area (Å²) in [7, 11) is 2.29. The summed E-state index contributed by atoms with van der Waals surface area (Å²) >= 11 is 2.13. The minimum absolute atomic E-state index is 0.846. The van der Waals surface area contributed by atoms with E-state index in [9.17, 15) is 0 Å². The highest BCUT2D eigenvalue weighted by Crippen LogP contribution is 2.38. The normalized spacial score (nSPS) is 39.4. The van der Waals surface area contributed by atoms with Gasteiger partial charge in [-0.1, -0.05) is 0 Å². The molecule has 0 aromatic heterocycles. The third-order valence-corrected chi connectivity index (χ3v) is 5.04. The van der Waals surface area contributed by atoms with Crippen molar-refractivity contribution in [3.05, 3.63) is 0 Å². The third-order valence-electron chi connectivity index (χ3n) is 3.94. The van der Waals surface area contributed by atoms with E-state index in [-0.39, 0.29) is 0 Å². The fourth-order valence-corrected chi connectivity index (χ4v) is 4.41. The Kier molecular flexibility index (Phi) is 3.74. The molecule has 2 saturated heterocycles. The van der Waals surface area contributed by atoms with Gasteiger partial charge in [-0.3, -0.25) is 0 Å². The van der Waals surface area contributed by atoms with Gasteiger partial charge in [-0.2, -0.15) is 11.8 Å². The van der Waals surface area contributed by atoms with Crippen molar-refractivity contribution < 1.29 is 0 Å². The Morgan fingerprint density at radius 2 is 2.29 bits per heavy atom. The molecule has 2 rings (SSSR count). The zero-order valence-electron chi connectivity index (χ0n) is 9.11. The van der Waals surface area contributed by atoms with E-state index in [0.717, 1.165) is 24.4 Å². The van der Waals surface area contributed by atoms with Gasteiger partial charge in [0.1, 0.15) is 0 Å². The molecule has 3 heteroatoms. The number of piperidine rings is 1. The van der Waals surface area contributed by atoms with Crippen LogP contribution in [0.1, 0.15) is 19.3 Å². The first-order valence-electron chi connectivity index (χ1n) is 5.81. The molecule has 2 heterocycles. The van der Waals surface area contributed by atoms with Crippen molar-refractivity contribution in [3.8, 4) is 0 Å². The van der Waals surface area contributed by atoms with Crippen LogP contribution in [0.5, 0.6) is 0 Å². The SMILES string of the molecule is CN1CCC(CCN)C2CCSCC21. The molecular formula is C11H22N2S. The first-order chi connectivity index (χ1) is 6.83. The second kappa shape index (κ2) is 4.86. The molecule has 0 bridgehead atoms. The number of thioether (sulfide) groups is 1. The lowest BCUT2D eigenvalue weighted by Gasteiger charge is -2.46. The molecule has 2 aliphatic heterocycles. The van der Waals surface area contributed by atoms with Crippen LogP contribution in [-0.4, -0.2) is 42.6 Å². The summed E-state index contributed by atoms with van der Waals surface area (Å²) in [5.74, 6) is 4.58. The fourth-order valence-electron chi connectivity index (χ4n) is 3.07. The Hall–Kier alpha value is 0.270. The van der Waals surface area contributed by atoms with Crippen LogP contribution >= 0.6 is 11.8 Å². The summed E-state index contributed by atoms with van der Waals surface area (Å²) in [5.41, 5.74) is 5.70. The molecule has 2 aliphatic rings. The highest BCUT2D eigenvalue weighted by molar-refractivity contribution is 7.99. The first kappa shape index (κ1) is 10.8. The minimum atomic E-state index is 0.846. The maximum atomic E-state index is 5.70. The van der Waals surface area contributed by atoms with Crippen LogP contribution in [0.2, 0.25) is 0 Å². The minimum Gasteiger partial charge on any atom is -0.330 e. The summed E-state index contributed by atoms with van der Waals surface area (Å²) < 4.78 is 0. The summed E-state index contributed by atoms with van der Waals surface area (Å²) in [6.45, 7) is 2.16. The molecule has 2 fully saturated rings. The van der Waals surface area contributed by atoms with Crippen LogP contribution in [0.3, 0.4) is 0 Å². The van der Waals surface area contributed by atoms with Gasteiger partial charge in [0.2, 0.25) is 0 Å². The lowest BCUT2D eigenvalue weighted by molar-refractivity contribution is 0.0742. The summed E-state index contributed by atoms with van der Waals surface area (Å²) in [5, 5.41) is 0. The van der Waals surface area contributed by atoms with E-state index in [4.69, 9.17) is 5.73 Å². The monoisotopic (exact) mass is 214 g/mol. The zero-order valence-corrected chi connectivity index (χ0v) is 9.93. The molecule has 0 spiro atoms. The number of fused-ring (bicyclic) bond motifs is 1. The second-order valence-corrected chi connectivity index (χ2v) is 5.85. The van der Waals surface area contributed by atoms with Crippen molar-refractivity contribution in [3.63, 3.8) is 0 Å². The van der Waals surface area contributed by atoms with Crippen molar-refractivity contribution >= 4 is 11.8 Å². The Balaban J connectivity index is 2.00. The van der Waals surface area contributed by atoms with Gasteiger partial charge in [0.05, 0.1) is 0 Å². The van der Waals surface area contributed by atoms with Gasteiger partial charge in [-0.25, -0.2) is 0 Å². The van der Waals surface area contributed by atoms with E-state index >= 15 is 0 Å². The lowest BCUT2D eigenvalue weighted by Crippen LogP contribution is -2.50. The van der Waals surface area contributed by atoms with Crippen molar-refractivity contribution in [1.29, 1.82) is 0 Å². The molecule has 3 atom stereocenters. The van der Waals surface area contributed by atoms with Gasteiger partial charge in [-0.15, -0.1) is 0 Å². The van der Waals surface area contributed by atoms with Crippen molar-refractivity contribution in [2.24, 2.45) is 17.6 Å². The summed E-state index contributed by atoms with van der Waals surface area (Å²) in [4.78, 5) is 2.57. The fraction of sp³-hybridized carbons (Fsp3) is 1.00. The predicted octanol–water partition coefficient (Wildman–Crippen LogP) is 1.41. The molecule has 0 aromatic rings. The van der Waals surface area contributed by atoms with E-state index in [1.807, 2.05) is 0 Å². The predicted molar refractivity (Wildman–Crippen MR) is 63.6 cm³/mol. The second-order valence-electron chi connectivity index (χ2n) is 4.70. The van der Waals surface area contributed by atoms with E-state index < -0.39 is 0 Å². The molecule has 0 radical (unpaired) electrons. The molecule has 0 amide bonds. The quantitative estimate of drug-likeness (QED) is 0.753. The van der Waals surface area contributed by atoms with Crippen LogP contribution in [-0.2, 0) is 0 Å². The Morgan fingerprint density at radius 1 is 1.43 bits per heavy atom. The van der Waals surface area contributed by atoms with E-state index in [2.05, 4.69) is 23.7 Å². The lowest BCUT2D eigenvalue weighted by atomic mass is 9.77. The van der Waals surface area contributed by atoms with Crippen molar-refractivity contribution in [2.75, 3.05) is 31.6 Å². The molecule has 3 unspecified atom stereocenters. The van der Waals surface area contributed by atoms with Gasteiger partial charge in [0.15, 0.2) is 0 Å². The van der Waals surface area contributed by atoms with Crippen molar-refractivity contribution in [1.82, 2.24) is 4.90 Å². The molecular weight excluding hydrogens is 192 g/mol. The molecule has 2 nitrogen and oxygen atoms in total. The Labute approximate surface area is 91.6 Å². The summed E-state index contributed by atoms with van der Waals surface area (Å²) in [6, 6.07) is 0.846. The third kappa shape index (κ3) is 2.10. The molecule has 14 heavy (non-hydrogen) atoms. The number of likely N-dealkylation sites (tertiary alicyclic amines) is 1. The van der Waals surface area contributed by atoms with Crippen LogP contribution in [0, 0.1) is 11.8 Å². The number of rotatable bonds is 2. The molecule has 82 valence electrons. The van der Waals surface area contributed by atoms with Gasteiger partial charge >= 0.3 is 0 Å². The number of nitrogens with two attached hydrogens (primary N) is 1. The Morgan fingerprint density at radius 3 is 3.07 bits per heavy atom. The van der Waals surface area contributed by atoms with Gasteiger partial charge in [0.25, 0.3) is 0 Å². The van der Waals surface area contributed by atoms with E-state index in [1.165, 1.54) is 37.3 Å². The maximum absolute atomic E-state index is 5.70. The average Bonchev–Trinajstić information content (AvgIpc) is 2.23. The van der Waals surface area contributed by atoms with E-state index in [1.54, 1.807) is 0 Å². The van der Waals surface area contributed by atoms with Crippen LogP contribution in [0.4, 0.5) is 0 Å². The number of hydrogen-bond acceptors (Lipinski definition) is 3. The van der Waals surface area contributed by atoms with Crippen LogP contribution < -0.4 is 5.73 Å². The number of hydrogen-bond donors (Lipinski definition) is 1. The van der Waals surface area contributed by atoms with E-state index in [0.29, 0.717) is 0 Å². The molecule has 0 aliphatic carbocycles. The van der Waals surface area contributed by atoms with Crippen molar-refractivity contribution in [2.45, 2.75) is 25.3 Å². The highest BCUT2D eigenvalue weighted by Gasteiger charge is 2.37. The number of nitrogens with zero attached hydrogens (tertiary/aromatic N) is 1. The first-order valence-corrected chi connectivity index (χ1v) is 6.96. The smallest absolute Gasteiger partial charge is 0.0214 e. The maximum Gasteiger partial charge on any atom is 0.0214 e. The highest BCUT2D eigenvalue weighted by atomic mass is 32.2. The average molecular weight is 214 g/mol. The van der Waals surface area contributed by atoms with Gasteiger partial charge < -0.3 is 10.6 Å². The standard InChI is InChI=1S/C11H22N2S/c1-13-6-3-9(2-5-12)10-4-7-14-8-11(10)13/h9-11H,2-8,12H2,1H3. The zero-order chi connectivity index (χ0) is 9.97. The molecule has 0 aromatic carbocycles. The Bertz CT molecular complexity index is 186. The van der Waals surface area contributed by atoms with Crippen LogP contribution in [0.25, 0.3) is 0 Å². The van der Waals surface area contributed by atoms with Crippen LogP contribution in [0.15, 0.2) is 0 Å². The molecule has 2 N–H and O–H groups in total. The summed E-state index contributed by atoms with van der Waals surface area (Å²) in [6.07, 6.45) is 4.05. The largest absolute Gasteiger partial charge is 0.330 e. The molecule has 0 saturated carbocycles. The van der Waals surface area contributed by atoms with Gasteiger partial charge in [0, 0.05) is 11.8 Å². The van der Waals surface area contributed by atoms with Gasteiger partial charge in [-0.05, 0) is 57.0 Å².